The summed E-state index contributed by atoms with van der Waals surface area (Å²) in [5.41, 5.74) is 0.251. The molecule has 3 saturated heterocycles. The Bertz CT molecular complexity index is 376. The molecular weight excluding hydrogens is 244 g/mol. The molecule has 0 radical (unpaired) electrons. The molecule has 3 aliphatic heterocycles. The van der Waals surface area contributed by atoms with Gasteiger partial charge >= 0.3 is 0 Å². The normalized spacial score (nSPS) is 59.4. The maximum Gasteiger partial charge on any atom is 0.160 e. The molecule has 4 heteroatoms. The zero-order chi connectivity index (χ0) is 12.4. The standard InChI is InChI=1S/C15H22O4/c1-2-10-12(18-10)5-9(1)14-16-7-15(8-17-14)4-3-11-13(6-15)19-11/h9-14H,1-8H2/t9-,10+,11+,12-,13-,14?,15?/m1/s1. The summed E-state index contributed by atoms with van der Waals surface area (Å²) in [7, 11) is 0. The molecule has 3 heterocycles. The Morgan fingerprint density at radius 1 is 0.789 bits per heavy atom. The van der Waals surface area contributed by atoms with E-state index in [0.717, 1.165) is 26.1 Å². The third kappa shape index (κ3) is 1.96. The van der Waals surface area contributed by atoms with Crippen LogP contribution in [0.4, 0.5) is 0 Å². The van der Waals surface area contributed by atoms with Gasteiger partial charge in [0.25, 0.3) is 0 Å². The van der Waals surface area contributed by atoms with E-state index in [1.807, 2.05) is 0 Å². The summed E-state index contributed by atoms with van der Waals surface area (Å²) < 4.78 is 23.5. The van der Waals surface area contributed by atoms with Crippen LogP contribution in [-0.4, -0.2) is 43.9 Å². The lowest BCUT2D eigenvalue weighted by Crippen LogP contribution is -2.47. The Labute approximate surface area is 113 Å². The summed E-state index contributed by atoms with van der Waals surface area (Å²) in [4.78, 5) is 0. The lowest BCUT2D eigenvalue weighted by atomic mass is 9.74. The molecule has 0 aromatic carbocycles. The van der Waals surface area contributed by atoms with Gasteiger partial charge in [0.05, 0.1) is 37.6 Å². The summed E-state index contributed by atoms with van der Waals surface area (Å²) >= 11 is 0. The van der Waals surface area contributed by atoms with E-state index in [-0.39, 0.29) is 11.7 Å². The minimum atomic E-state index is 0.0219. The van der Waals surface area contributed by atoms with E-state index < -0.39 is 0 Å². The van der Waals surface area contributed by atoms with Crippen molar-refractivity contribution in [1.29, 1.82) is 0 Å². The lowest BCUT2D eigenvalue weighted by Gasteiger charge is -2.43. The number of epoxide rings is 2. The number of ether oxygens (including phenoxy) is 4. The monoisotopic (exact) mass is 266 g/mol. The van der Waals surface area contributed by atoms with Gasteiger partial charge in [0.1, 0.15) is 0 Å². The molecule has 0 unspecified atom stereocenters. The highest BCUT2D eigenvalue weighted by atomic mass is 16.7. The van der Waals surface area contributed by atoms with Crippen LogP contribution in [-0.2, 0) is 18.9 Å². The number of fused-ring (bicyclic) bond motifs is 2. The average molecular weight is 266 g/mol. The number of rotatable bonds is 1. The van der Waals surface area contributed by atoms with Gasteiger partial charge in [-0.15, -0.1) is 0 Å². The van der Waals surface area contributed by atoms with Crippen LogP contribution < -0.4 is 0 Å². The molecule has 5 fully saturated rings. The van der Waals surface area contributed by atoms with Gasteiger partial charge < -0.3 is 18.9 Å². The van der Waals surface area contributed by atoms with E-state index >= 15 is 0 Å². The van der Waals surface area contributed by atoms with Gasteiger partial charge in [0.15, 0.2) is 6.29 Å². The van der Waals surface area contributed by atoms with E-state index in [1.54, 1.807) is 0 Å². The van der Waals surface area contributed by atoms with E-state index in [4.69, 9.17) is 18.9 Å². The summed E-state index contributed by atoms with van der Waals surface area (Å²) in [6, 6.07) is 0. The van der Waals surface area contributed by atoms with Crippen molar-refractivity contribution in [2.24, 2.45) is 11.3 Å². The van der Waals surface area contributed by atoms with Crippen LogP contribution in [0.25, 0.3) is 0 Å². The molecule has 1 spiro atoms. The Kier molecular flexibility index (Phi) is 2.38. The van der Waals surface area contributed by atoms with Gasteiger partial charge in [0, 0.05) is 11.3 Å². The molecule has 19 heavy (non-hydrogen) atoms. The van der Waals surface area contributed by atoms with Crippen LogP contribution in [0.15, 0.2) is 0 Å². The maximum absolute atomic E-state index is 6.11. The third-order valence-corrected chi connectivity index (χ3v) is 5.82. The van der Waals surface area contributed by atoms with Crippen molar-refractivity contribution in [2.75, 3.05) is 13.2 Å². The first-order valence-electron chi connectivity index (χ1n) is 7.86. The molecule has 4 nitrogen and oxygen atoms in total. The number of hydrogen-bond donors (Lipinski definition) is 0. The molecule has 2 saturated carbocycles. The van der Waals surface area contributed by atoms with Crippen molar-refractivity contribution in [2.45, 2.75) is 69.2 Å². The van der Waals surface area contributed by atoms with Gasteiger partial charge in [-0.1, -0.05) is 0 Å². The Balaban J connectivity index is 1.21. The molecule has 0 amide bonds. The Morgan fingerprint density at radius 2 is 1.58 bits per heavy atom. The van der Waals surface area contributed by atoms with Crippen LogP contribution in [0.2, 0.25) is 0 Å². The third-order valence-electron chi connectivity index (χ3n) is 5.82. The zero-order valence-corrected chi connectivity index (χ0v) is 11.3. The quantitative estimate of drug-likeness (QED) is 0.680. The summed E-state index contributed by atoms with van der Waals surface area (Å²) in [5.74, 6) is 0.551. The van der Waals surface area contributed by atoms with Gasteiger partial charge in [-0.25, -0.2) is 0 Å². The van der Waals surface area contributed by atoms with Crippen molar-refractivity contribution in [3.63, 3.8) is 0 Å². The van der Waals surface area contributed by atoms with Gasteiger partial charge in [0.2, 0.25) is 0 Å². The fourth-order valence-electron chi connectivity index (χ4n) is 4.41. The predicted molar refractivity (Wildman–Crippen MR) is 66.6 cm³/mol. The zero-order valence-electron chi connectivity index (χ0n) is 11.3. The molecule has 5 rings (SSSR count). The summed E-state index contributed by atoms with van der Waals surface area (Å²) in [6.07, 6.45) is 9.24. The number of hydrogen-bond acceptors (Lipinski definition) is 4. The van der Waals surface area contributed by atoms with E-state index in [0.29, 0.717) is 30.3 Å². The molecular formula is C15H22O4. The fourth-order valence-corrected chi connectivity index (χ4v) is 4.41. The predicted octanol–water partition coefficient (Wildman–Crippen LogP) is 1.86. The first-order valence-corrected chi connectivity index (χ1v) is 7.86. The van der Waals surface area contributed by atoms with Crippen molar-refractivity contribution < 1.29 is 18.9 Å². The van der Waals surface area contributed by atoms with Crippen LogP contribution in [0.3, 0.4) is 0 Å². The lowest BCUT2D eigenvalue weighted by molar-refractivity contribution is -0.257. The summed E-state index contributed by atoms with van der Waals surface area (Å²) in [5, 5.41) is 0. The largest absolute Gasteiger partial charge is 0.370 e. The van der Waals surface area contributed by atoms with Gasteiger partial charge in [-0.2, -0.15) is 0 Å². The molecule has 0 aromatic rings. The smallest absolute Gasteiger partial charge is 0.160 e. The highest BCUT2D eigenvalue weighted by molar-refractivity contribution is 5.00. The molecule has 2 aliphatic carbocycles. The molecule has 0 bridgehead atoms. The molecule has 106 valence electrons. The van der Waals surface area contributed by atoms with Crippen LogP contribution in [0.5, 0.6) is 0 Å². The van der Waals surface area contributed by atoms with Crippen LogP contribution in [0, 0.1) is 11.3 Å². The minimum Gasteiger partial charge on any atom is -0.370 e. The van der Waals surface area contributed by atoms with Crippen molar-refractivity contribution >= 4 is 0 Å². The van der Waals surface area contributed by atoms with Crippen LogP contribution >= 0.6 is 0 Å². The molecule has 5 aliphatic rings. The van der Waals surface area contributed by atoms with Gasteiger partial charge in [-0.3, -0.25) is 0 Å². The molecule has 0 aromatic heterocycles. The van der Waals surface area contributed by atoms with Crippen molar-refractivity contribution in [1.82, 2.24) is 0 Å². The van der Waals surface area contributed by atoms with E-state index in [1.165, 1.54) is 25.7 Å². The Morgan fingerprint density at radius 3 is 2.37 bits per heavy atom. The van der Waals surface area contributed by atoms with Gasteiger partial charge in [-0.05, 0) is 38.5 Å². The first kappa shape index (κ1) is 11.5. The van der Waals surface area contributed by atoms with E-state index in [2.05, 4.69) is 0 Å². The van der Waals surface area contributed by atoms with Crippen molar-refractivity contribution in [3.8, 4) is 0 Å². The minimum absolute atomic E-state index is 0.0219. The fraction of sp³-hybridized carbons (Fsp3) is 1.00. The SMILES string of the molecule is C1C[C@@H]2O[C@@H]2C[C@@H]1C1OCC2(CC[C@@H]3O[C@@H]3C2)CO1. The van der Waals surface area contributed by atoms with Crippen molar-refractivity contribution in [3.05, 3.63) is 0 Å². The second-order valence-electron chi connectivity index (χ2n) is 7.23. The average Bonchev–Trinajstić information content (AvgIpc) is 3.33. The van der Waals surface area contributed by atoms with E-state index in [9.17, 15) is 0 Å². The maximum atomic E-state index is 6.11. The summed E-state index contributed by atoms with van der Waals surface area (Å²) in [6.45, 7) is 1.74. The molecule has 5 atom stereocenters. The highest BCUT2D eigenvalue weighted by Gasteiger charge is 2.53. The topological polar surface area (TPSA) is 43.5 Å². The second-order valence-corrected chi connectivity index (χ2v) is 7.23. The highest BCUT2D eigenvalue weighted by Crippen LogP contribution is 2.49. The molecule has 0 N–H and O–H groups in total. The second kappa shape index (κ2) is 3.94. The first-order chi connectivity index (χ1) is 9.31. The Hall–Kier alpha value is -0.160. The van der Waals surface area contributed by atoms with Crippen LogP contribution in [0.1, 0.15) is 38.5 Å².